The summed E-state index contributed by atoms with van der Waals surface area (Å²) in [6.07, 6.45) is 2.66. The van der Waals surface area contributed by atoms with Crippen molar-refractivity contribution < 1.29 is 9.47 Å². The molecule has 1 saturated heterocycles. The van der Waals surface area contributed by atoms with Crippen LogP contribution >= 0.6 is 0 Å². The van der Waals surface area contributed by atoms with Crippen LogP contribution < -0.4 is 10.1 Å². The number of rotatable bonds is 8. The monoisotopic (exact) mass is 292 g/mol. The lowest BCUT2D eigenvalue weighted by Gasteiger charge is -2.18. The van der Waals surface area contributed by atoms with Crippen molar-refractivity contribution in [3.63, 3.8) is 0 Å². The molecule has 21 heavy (non-hydrogen) atoms. The molecule has 0 saturated carbocycles. The Labute approximate surface area is 128 Å². The summed E-state index contributed by atoms with van der Waals surface area (Å²) in [7, 11) is 3.55. The van der Waals surface area contributed by atoms with Gasteiger partial charge in [-0.15, -0.1) is 0 Å². The molecular formula is C17H28N2O2. The molecule has 2 rings (SSSR count). The van der Waals surface area contributed by atoms with Crippen molar-refractivity contribution in [1.82, 2.24) is 10.2 Å². The zero-order valence-electron chi connectivity index (χ0n) is 13.5. The minimum atomic E-state index is 0.380. The normalized spacial score (nSPS) is 19.1. The van der Waals surface area contributed by atoms with Gasteiger partial charge in [-0.2, -0.15) is 0 Å². The van der Waals surface area contributed by atoms with Crippen molar-refractivity contribution >= 4 is 0 Å². The van der Waals surface area contributed by atoms with Crippen LogP contribution in [-0.2, 0) is 17.8 Å². The number of likely N-dealkylation sites (tertiary alicyclic amines) is 1. The Morgan fingerprint density at radius 3 is 2.86 bits per heavy atom. The number of hydrogen-bond acceptors (Lipinski definition) is 4. The summed E-state index contributed by atoms with van der Waals surface area (Å²) in [6.45, 7) is 7.21. The van der Waals surface area contributed by atoms with Crippen molar-refractivity contribution in [2.45, 2.75) is 39.0 Å². The Kier molecular flexibility index (Phi) is 6.49. The van der Waals surface area contributed by atoms with Crippen molar-refractivity contribution in [2.75, 3.05) is 33.9 Å². The first-order chi connectivity index (χ1) is 10.3. The molecular weight excluding hydrogens is 264 g/mol. The first-order valence-electron chi connectivity index (χ1n) is 7.88. The molecule has 0 amide bonds. The number of nitrogens with one attached hydrogen (secondary N) is 1. The first-order valence-corrected chi connectivity index (χ1v) is 7.88. The van der Waals surface area contributed by atoms with E-state index in [1.54, 1.807) is 14.2 Å². The predicted molar refractivity (Wildman–Crippen MR) is 85.7 cm³/mol. The molecule has 1 fully saturated rings. The van der Waals surface area contributed by atoms with Crippen LogP contribution in [0.1, 0.15) is 30.9 Å². The fraction of sp³-hybridized carbons (Fsp3) is 0.647. The van der Waals surface area contributed by atoms with Gasteiger partial charge < -0.3 is 14.8 Å². The second kappa shape index (κ2) is 8.37. The van der Waals surface area contributed by atoms with E-state index in [1.165, 1.54) is 11.1 Å². The van der Waals surface area contributed by atoms with E-state index in [-0.39, 0.29) is 0 Å². The minimum absolute atomic E-state index is 0.380. The zero-order chi connectivity index (χ0) is 15.1. The van der Waals surface area contributed by atoms with Gasteiger partial charge in [0, 0.05) is 38.9 Å². The molecule has 0 aromatic heterocycles. The highest BCUT2D eigenvalue weighted by atomic mass is 16.5. The van der Waals surface area contributed by atoms with Crippen molar-refractivity contribution in [1.29, 1.82) is 0 Å². The maximum atomic E-state index is 5.51. The average molecular weight is 292 g/mol. The van der Waals surface area contributed by atoms with Gasteiger partial charge in [-0.25, -0.2) is 0 Å². The molecule has 1 unspecified atom stereocenters. The molecule has 0 radical (unpaired) electrons. The molecule has 1 aromatic carbocycles. The van der Waals surface area contributed by atoms with Crippen LogP contribution in [0, 0.1) is 0 Å². The number of nitrogens with zero attached hydrogens (tertiary/aromatic N) is 1. The second-order valence-electron chi connectivity index (χ2n) is 5.70. The maximum Gasteiger partial charge on any atom is 0.123 e. The van der Waals surface area contributed by atoms with Crippen LogP contribution in [0.2, 0.25) is 0 Å². The Bertz CT molecular complexity index is 437. The third-order valence-corrected chi connectivity index (χ3v) is 4.06. The Morgan fingerprint density at radius 2 is 2.19 bits per heavy atom. The predicted octanol–water partition coefficient (Wildman–Crippen LogP) is 2.42. The third kappa shape index (κ3) is 4.70. The van der Waals surface area contributed by atoms with Gasteiger partial charge in [0.1, 0.15) is 5.75 Å². The molecule has 1 heterocycles. The molecule has 0 spiro atoms. The molecule has 1 aliphatic rings. The standard InChI is InChI=1S/C17H28N2O2/c1-4-8-18-11-14-5-6-17(21-3)15(10-14)12-19-9-7-16(13-19)20-2/h5-6,10,16,18H,4,7-9,11-13H2,1-3H3. The molecule has 1 aliphatic heterocycles. The lowest BCUT2D eigenvalue weighted by Crippen LogP contribution is -2.23. The number of ether oxygens (including phenoxy) is 2. The summed E-state index contributed by atoms with van der Waals surface area (Å²) in [5, 5.41) is 3.45. The minimum Gasteiger partial charge on any atom is -0.496 e. The summed E-state index contributed by atoms with van der Waals surface area (Å²) < 4.78 is 11.0. The summed E-state index contributed by atoms with van der Waals surface area (Å²) >= 11 is 0. The van der Waals surface area contributed by atoms with Crippen LogP contribution in [-0.4, -0.2) is 44.9 Å². The Morgan fingerprint density at radius 1 is 1.33 bits per heavy atom. The Balaban J connectivity index is 2.00. The number of hydrogen-bond donors (Lipinski definition) is 1. The average Bonchev–Trinajstić information content (AvgIpc) is 2.95. The summed E-state index contributed by atoms with van der Waals surface area (Å²) in [4.78, 5) is 2.44. The lowest BCUT2D eigenvalue weighted by atomic mass is 10.1. The summed E-state index contributed by atoms with van der Waals surface area (Å²) in [5.41, 5.74) is 2.59. The van der Waals surface area contributed by atoms with Gasteiger partial charge in [0.15, 0.2) is 0 Å². The van der Waals surface area contributed by atoms with Gasteiger partial charge in [-0.1, -0.05) is 13.0 Å². The van der Waals surface area contributed by atoms with Crippen molar-refractivity contribution in [3.05, 3.63) is 29.3 Å². The fourth-order valence-corrected chi connectivity index (χ4v) is 2.85. The summed E-state index contributed by atoms with van der Waals surface area (Å²) in [5.74, 6) is 0.982. The van der Waals surface area contributed by atoms with Gasteiger partial charge in [0.25, 0.3) is 0 Å². The number of benzene rings is 1. The first kappa shape index (κ1) is 16.3. The largest absolute Gasteiger partial charge is 0.496 e. The number of methoxy groups -OCH3 is 2. The maximum absolute atomic E-state index is 5.51. The molecule has 1 aromatic rings. The van der Waals surface area contributed by atoms with E-state index in [4.69, 9.17) is 9.47 Å². The third-order valence-electron chi connectivity index (χ3n) is 4.06. The van der Waals surface area contributed by atoms with Crippen molar-refractivity contribution in [2.24, 2.45) is 0 Å². The topological polar surface area (TPSA) is 33.7 Å². The van der Waals surface area contributed by atoms with E-state index in [0.29, 0.717) is 6.10 Å². The van der Waals surface area contributed by atoms with Gasteiger partial charge in [0.05, 0.1) is 13.2 Å². The second-order valence-corrected chi connectivity index (χ2v) is 5.70. The summed E-state index contributed by atoms with van der Waals surface area (Å²) in [6, 6.07) is 6.50. The van der Waals surface area contributed by atoms with E-state index in [0.717, 1.165) is 51.3 Å². The van der Waals surface area contributed by atoms with E-state index in [9.17, 15) is 0 Å². The molecule has 1 N–H and O–H groups in total. The molecule has 1 atom stereocenters. The van der Waals surface area contributed by atoms with Crippen molar-refractivity contribution in [3.8, 4) is 5.75 Å². The van der Waals surface area contributed by atoms with Gasteiger partial charge in [0.2, 0.25) is 0 Å². The highest BCUT2D eigenvalue weighted by Gasteiger charge is 2.22. The highest BCUT2D eigenvalue weighted by Crippen LogP contribution is 2.24. The van der Waals surface area contributed by atoms with Crippen LogP contribution in [0.5, 0.6) is 5.75 Å². The molecule has 0 bridgehead atoms. The van der Waals surface area contributed by atoms with Crippen LogP contribution in [0.15, 0.2) is 18.2 Å². The zero-order valence-corrected chi connectivity index (χ0v) is 13.5. The van der Waals surface area contributed by atoms with Crippen LogP contribution in [0.4, 0.5) is 0 Å². The Hall–Kier alpha value is -1.10. The van der Waals surface area contributed by atoms with Crippen LogP contribution in [0.3, 0.4) is 0 Å². The SMILES string of the molecule is CCCNCc1ccc(OC)c(CN2CCC(OC)C2)c1. The van der Waals surface area contributed by atoms with E-state index in [1.807, 2.05) is 0 Å². The highest BCUT2D eigenvalue weighted by molar-refractivity contribution is 5.37. The quantitative estimate of drug-likeness (QED) is 0.746. The van der Waals surface area contributed by atoms with Gasteiger partial charge >= 0.3 is 0 Å². The molecule has 4 heteroatoms. The molecule has 0 aliphatic carbocycles. The fourth-order valence-electron chi connectivity index (χ4n) is 2.85. The smallest absolute Gasteiger partial charge is 0.123 e. The van der Waals surface area contributed by atoms with Crippen LogP contribution in [0.25, 0.3) is 0 Å². The van der Waals surface area contributed by atoms with E-state index >= 15 is 0 Å². The lowest BCUT2D eigenvalue weighted by molar-refractivity contribution is 0.107. The molecule has 4 nitrogen and oxygen atoms in total. The van der Waals surface area contributed by atoms with Gasteiger partial charge in [-0.05, 0) is 37.1 Å². The van der Waals surface area contributed by atoms with E-state index < -0.39 is 0 Å². The van der Waals surface area contributed by atoms with Gasteiger partial charge in [-0.3, -0.25) is 4.90 Å². The van der Waals surface area contributed by atoms with E-state index in [2.05, 4.69) is 35.3 Å². The molecule has 118 valence electrons.